The Morgan fingerprint density at radius 2 is 2.07 bits per heavy atom. The van der Waals surface area contributed by atoms with E-state index in [0.29, 0.717) is 18.0 Å². The Balaban J connectivity index is 2.01. The van der Waals surface area contributed by atoms with Gasteiger partial charge in [0.2, 0.25) is 0 Å². The number of nitro benzene ring substituents is 1. The first-order chi connectivity index (χ1) is 13.8. The lowest BCUT2D eigenvalue weighted by Crippen LogP contribution is -2.49. The third kappa shape index (κ3) is 4.51. The average Bonchev–Trinajstić information content (AvgIpc) is 3.51. The fourth-order valence-electron chi connectivity index (χ4n) is 3.46. The first kappa shape index (κ1) is 20.7. The van der Waals surface area contributed by atoms with Crippen molar-refractivity contribution in [3.8, 4) is 0 Å². The lowest BCUT2D eigenvalue weighted by Gasteiger charge is -2.35. The third-order valence-corrected chi connectivity index (χ3v) is 5.25. The van der Waals surface area contributed by atoms with Gasteiger partial charge in [-0.3, -0.25) is 36.0 Å². The van der Waals surface area contributed by atoms with Crippen molar-refractivity contribution in [2.24, 2.45) is 11.8 Å². The number of allylic oxidation sites excluding steroid dienone is 1. The van der Waals surface area contributed by atoms with Gasteiger partial charge in [-0.15, -0.1) is 0 Å². The second-order valence-electron chi connectivity index (χ2n) is 7.76. The fourth-order valence-corrected chi connectivity index (χ4v) is 3.46. The predicted octanol–water partition coefficient (Wildman–Crippen LogP) is 3.27. The lowest BCUT2D eigenvalue weighted by molar-refractivity contribution is -0.383. The van der Waals surface area contributed by atoms with Crippen molar-refractivity contribution in [1.29, 1.82) is 0 Å². The van der Waals surface area contributed by atoms with Crippen LogP contribution >= 0.6 is 0 Å². The summed E-state index contributed by atoms with van der Waals surface area (Å²) in [6.07, 6.45) is 3.30. The molecule has 0 aromatic heterocycles. The van der Waals surface area contributed by atoms with Crippen molar-refractivity contribution in [3.05, 3.63) is 57.0 Å². The van der Waals surface area contributed by atoms with Gasteiger partial charge in [0.05, 0.1) is 10.5 Å². The number of hydrogen-bond donors (Lipinski definition) is 4. The Morgan fingerprint density at radius 1 is 1.38 bits per heavy atom. The summed E-state index contributed by atoms with van der Waals surface area (Å²) in [5, 5.41) is 25.5. The molecular formula is C20H27N5O4. The molecule has 9 heteroatoms. The largest absolute Gasteiger partial charge is 0.334 e. The minimum absolute atomic E-state index is 0.0119. The maximum Gasteiger partial charge on any atom is 0.292 e. The summed E-state index contributed by atoms with van der Waals surface area (Å²) in [5.41, 5.74) is 7.08. The molecule has 2 aliphatic rings. The summed E-state index contributed by atoms with van der Waals surface area (Å²) in [4.78, 5) is 24.0. The van der Waals surface area contributed by atoms with Crippen LogP contribution in [0.1, 0.15) is 40.0 Å². The van der Waals surface area contributed by atoms with Crippen LogP contribution in [0.5, 0.6) is 0 Å². The standard InChI is InChI=1S/C20H27N5O4/c1-12(2)18-13(3)17(20(26)24(22-18)11-10-14-8-9-14)19(23-27)21-15-6-4-5-7-16(15)25(28)29/h4-7,12,14,21-23,27H,8-11H2,1-3H3. The van der Waals surface area contributed by atoms with Crippen LogP contribution < -0.4 is 16.2 Å². The van der Waals surface area contributed by atoms with Gasteiger partial charge < -0.3 is 5.32 Å². The molecule has 0 radical (unpaired) electrons. The molecule has 0 bridgehead atoms. The van der Waals surface area contributed by atoms with Gasteiger partial charge in [0.15, 0.2) is 0 Å². The summed E-state index contributed by atoms with van der Waals surface area (Å²) < 4.78 is 0. The molecule has 29 heavy (non-hydrogen) atoms. The number of anilines is 1. The zero-order valence-corrected chi connectivity index (χ0v) is 16.9. The van der Waals surface area contributed by atoms with Crippen molar-refractivity contribution >= 4 is 17.3 Å². The topological polar surface area (TPSA) is 120 Å². The molecule has 0 spiro atoms. The predicted molar refractivity (Wildman–Crippen MR) is 108 cm³/mol. The number of benzene rings is 1. The molecule has 0 atom stereocenters. The number of hydrazine groups is 1. The van der Waals surface area contributed by atoms with Crippen LogP contribution in [0.15, 0.2) is 46.9 Å². The number of carbonyl (C=O) groups is 1. The van der Waals surface area contributed by atoms with Crippen LogP contribution in [-0.4, -0.2) is 27.6 Å². The Hall–Kier alpha value is -3.07. The number of para-hydroxylation sites is 2. The highest BCUT2D eigenvalue weighted by Crippen LogP contribution is 2.34. The fraction of sp³-hybridized carbons (Fsp3) is 0.450. The molecule has 3 rings (SSSR count). The Morgan fingerprint density at radius 3 is 2.66 bits per heavy atom. The van der Waals surface area contributed by atoms with E-state index in [1.807, 2.05) is 19.3 Å². The molecule has 156 valence electrons. The van der Waals surface area contributed by atoms with Crippen molar-refractivity contribution < 1.29 is 14.9 Å². The number of hydrogen-bond acceptors (Lipinski definition) is 7. The Labute approximate surface area is 169 Å². The molecular weight excluding hydrogens is 374 g/mol. The molecule has 1 aromatic rings. The van der Waals surface area contributed by atoms with E-state index in [4.69, 9.17) is 0 Å². The quantitative estimate of drug-likeness (QED) is 0.300. The molecule has 1 aliphatic heterocycles. The van der Waals surface area contributed by atoms with Gasteiger partial charge in [0.1, 0.15) is 11.5 Å². The first-order valence-electron chi connectivity index (χ1n) is 9.78. The van der Waals surface area contributed by atoms with E-state index in [9.17, 15) is 20.1 Å². The minimum atomic E-state index is -0.517. The van der Waals surface area contributed by atoms with Crippen LogP contribution in [0, 0.1) is 22.0 Å². The highest BCUT2D eigenvalue weighted by Gasteiger charge is 2.33. The van der Waals surface area contributed by atoms with Gasteiger partial charge in [-0.1, -0.05) is 38.8 Å². The van der Waals surface area contributed by atoms with E-state index in [0.717, 1.165) is 12.1 Å². The van der Waals surface area contributed by atoms with Gasteiger partial charge in [0, 0.05) is 18.3 Å². The minimum Gasteiger partial charge on any atom is -0.334 e. The molecule has 0 unspecified atom stereocenters. The highest BCUT2D eigenvalue weighted by atomic mass is 16.6. The van der Waals surface area contributed by atoms with E-state index < -0.39 is 4.92 Å². The number of rotatable bonds is 8. The number of nitro groups is 1. The van der Waals surface area contributed by atoms with Crippen LogP contribution in [0.4, 0.5) is 11.4 Å². The molecule has 1 fully saturated rings. The molecule has 9 nitrogen and oxygen atoms in total. The molecule has 1 heterocycles. The van der Waals surface area contributed by atoms with E-state index >= 15 is 0 Å². The number of carbonyl (C=O) groups excluding carboxylic acids is 1. The molecule has 4 N–H and O–H groups in total. The molecule has 0 saturated heterocycles. The summed E-state index contributed by atoms with van der Waals surface area (Å²) in [7, 11) is 0. The van der Waals surface area contributed by atoms with Crippen LogP contribution in [-0.2, 0) is 4.79 Å². The van der Waals surface area contributed by atoms with Gasteiger partial charge >= 0.3 is 0 Å². The summed E-state index contributed by atoms with van der Waals surface area (Å²) in [5.74, 6) is 0.493. The zero-order chi connectivity index (χ0) is 21.1. The van der Waals surface area contributed by atoms with Crippen LogP contribution in [0.25, 0.3) is 0 Å². The second kappa shape index (κ2) is 8.52. The third-order valence-electron chi connectivity index (χ3n) is 5.25. The van der Waals surface area contributed by atoms with Crippen LogP contribution in [0.3, 0.4) is 0 Å². The molecule has 1 aromatic carbocycles. The number of nitrogens with zero attached hydrogens (tertiary/aromatic N) is 2. The van der Waals surface area contributed by atoms with Crippen molar-refractivity contribution in [3.63, 3.8) is 0 Å². The van der Waals surface area contributed by atoms with E-state index in [-0.39, 0.29) is 34.6 Å². The summed E-state index contributed by atoms with van der Waals surface area (Å²) >= 11 is 0. The first-order valence-corrected chi connectivity index (χ1v) is 9.78. The van der Waals surface area contributed by atoms with Gasteiger partial charge in [-0.25, -0.2) is 0 Å². The van der Waals surface area contributed by atoms with Crippen LogP contribution in [0.2, 0.25) is 0 Å². The lowest BCUT2D eigenvalue weighted by atomic mass is 9.96. The Bertz CT molecular complexity index is 873. The highest BCUT2D eigenvalue weighted by molar-refractivity contribution is 6.00. The van der Waals surface area contributed by atoms with Crippen molar-refractivity contribution in [1.82, 2.24) is 15.9 Å². The molecule has 1 saturated carbocycles. The molecule has 1 amide bonds. The zero-order valence-electron chi connectivity index (χ0n) is 16.9. The smallest absolute Gasteiger partial charge is 0.292 e. The van der Waals surface area contributed by atoms with E-state index in [1.165, 1.54) is 25.0 Å². The Kier molecular flexibility index (Phi) is 6.07. The normalized spacial score (nSPS) is 18.7. The monoisotopic (exact) mass is 401 g/mol. The number of amides is 1. The summed E-state index contributed by atoms with van der Waals surface area (Å²) in [6.45, 7) is 6.38. The van der Waals surface area contributed by atoms with Gasteiger partial charge in [-0.05, 0) is 36.8 Å². The van der Waals surface area contributed by atoms with E-state index in [2.05, 4.69) is 10.7 Å². The SMILES string of the molecule is CC1=C(C(C)C)NN(CCC2CC2)C(=O)C1=C(NO)Nc1ccccc1[N+](=O)[O-]. The van der Waals surface area contributed by atoms with E-state index in [1.54, 1.807) is 24.1 Å². The van der Waals surface area contributed by atoms with Gasteiger partial charge in [0.25, 0.3) is 11.6 Å². The van der Waals surface area contributed by atoms with Crippen molar-refractivity contribution in [2.75, 3.05) is 11.9 Å². The number of hydroxylamine groups is 1. The van der Waals surface area contributed by atoms with Gasteiger partial charge in [-0.2, -0.15) is 0 Å². The second-order valence-corrected chi connectivity index (χ2v) is 7.76. The molecule has 1 aliphatic carbocycles. The van der Waals surface area contributed by atoms with Crippen molar-refractivity contribution in [2.45, 2.75) is 40.0 Å². The maximum absolute atomic E-state index is 13.2. The average molecular weight is 401 g/mol. The number of nitrogens with one attached hydrogen (secondary N) is 3. The maximum atomic E-state index is 13.2. The summed E-state index contributed by atoms with van der Waals surface area (Å²) in [6, 6.07) is 6.08.